The van der Waals surface area contributed by atoms with Crippen LogP contribution in [-0.4, -0.2) is 28.5 Å². The molecule has 0 radical (unpaired) electrons. The van der Waals surface area contributed by atoms with Gasteiger partial charge in [-0.15, -0.1) is 0 Å². The van der Waals surface area contributed by atoms with Gasteiger partial charge in [0.2, 0.25) is 5.89 Å². The predicted octanol–water partition coefficient (Wildman–Crippen LogP) is 3.02. The van der Waals surface area contributed by atoms with Gasteiger partial charge in [-0.1, -0.05) is 42.4 Å². The molecule has 1 aromatic carbocycles. The van der Waals surface area contributed by atoms with Crippen molar-refractivity contribution in [1.29, 1.82) is 0 Å². The van der Waals surface area contributed by atoms with Crippen LogP contribution in [0.3, 0.4) is 0 Å². The van der Waals surface area contributed by atoms with Gasteiger partial charge < -0.3 is 9.26 Å². The minimum atomic E-state index is -0.668. The molecule has 21 heavy (non-hydrogen) atoms. The van der Waals surface area contributed by atoms with Crippen LogP contribution < -0.4 is 0 Å². The summed E-state index contributed by atoms with van der Waals surface area (Å²) >= 11 is 1.70. The molecule has 0 bridgehead atoms. The van der Waals surface area contributed by atoms with E-state index in [1.165, 1.54) is 0 Å². The Morgan fingerprint density at radius 1 is 1.33 bits per heavy atom. The highest BCUT2D eigenvalue weighted by molar-refractivity contribution is 7.98. The van der Waals surface area contributed by atoms with Crippen molar-refractivity contribution in [2.75, 3.05) is 12.4 Å². The van der Waals surface area contributed by atoms with E-state index in [0.717, 1.165) is 11.3 Å². The number of esters is 1. The fraction of sp³-hybridized carbons (Fsp3) is 0.400. The highest BCUT2D eigenvalue weighted by atomic mass is 32.2. The summed E-state index contributed by atoms with van der Waals surface area (Å²) in [5.41, 5.74) is 0.786. The second-order valence-corrected chi connectivity index (χ2v) is 5.56. The Kier molecular flexibility index (Phi) is 5.80. The van der Waals surface area contributed by atoms with E-state index in [9.17, 15) is 4.79 Å². The van der Waals surface area contributed by atoms with Crippen molar-refractivity contribution in [3.05, 3.63) is 47.6 Å². The van der Waals surface area contributed by atoms with Gasteiger partial charge in [0, 0.05) is 0 Å². The van der Waals surface area contributed by atoms with E-state index in [0.29, 0.717) is 18.2 Å². The van der Waals surface area contributed by atoms with Crippen LogP contribution in [0, 0.1) is 0 Å². The van der Waals surface area contributed by atoms with E-state index < -0.39 is 5.92 Å². The first kappa shape index (κ1) is 15.6. The molecule has 0 aliphatic rings. The van der Waals surface area contributed by atoms with E-state index in [4.69, 9.17) is 9.26 Å². The van der Waals surface area contributed by atoms with Crippen LogP contribution in [0.1, 0.15) is 37.0 Å². The molecule has 112 valence electrons. The van der Waals surface area contributed by atoms with Crippen molar-refractivity contribution in [1.82, 2.24) is 10.1 Å². The SMILES string of the molecule is CCOC(=O)C(c1ccccc1)c1nc(CSCC)no1. The Morgan fingerprint density at radius 2 is 2.10 bits per heavy atom. The summed E-state index contributed by atoms with van der Waals surface area (Å²) in [7, 11) is 0. The molecule has 0 N–H and O–H groups in total. The summed E-state index contributed by atoms with van der Waals surface area (Å²) in [4.78, 5) is 16.5. The van der Waals surface area contributed by atoms with Crippen LogP contribution in [0.25, 0.3) is 0 Å². The third-order valence-electron chi connectivity index (χ3n) is 2.82. The Morgan fingerprint density at radius 3 is 2.76 bits per heavy atom. The summed E-state index contributed by atoms with van der Waals surface area (Å²) in [6.07, 6.45) is 0. The molecule has 0 spiro atoms. The molecule has 1 heterocycles. The zero-order valence-corrected chi connectivity index (χ0v) is 12.9. The lowest BCUT2D eigenvalue weighted by Gasteiger charge is -2.11. The van der Waals surface area contributed by atoms with Crippen molar-refractivity contribution < 1.29 is 14.1 Å². The van der Waals surface area contributed by atoms with Crippen LogP contribution >= 0.6 is 11.8 Å². The van der Waals surface area contributed by atoms with Crippen molar-refractivity contribution in [3.8, 4) is 0 Å². The quantitative estimate of drug-likeness (QED) is 0.733. The molecule has 2 aromatic rings. The fourth-order valence-corrected chi connectivity index (χ4v) is 2.39. The summed E-state index contributed by atoms with van der Waals surface area (Å²) in [5, 5.41) is 3.93. The van der Waals surface area contributed by atoms with Crippen LogP contribution in [0.4, 0.5) is 0 Å². The van der Waals surface area contributed by atoms with Gasteiger partial charge in [-0.05, 0) is 18.2 Å². The molecule has 0 aliphatic carbocycles. The van der Waals surface area contributed by atoms with E-state index in [1.807, 2.05) is 30.3 Å². The zero-order valence-electron chi connectivity index (χ0n) is 12.1. The maximum absolute atomic E-state index is 12.2. The number of benzene rings is 1. The summed E-state index contributed by atoms with van der Waals surface area (Å²) in [5.74, 6) is 1.49. The Balaban J connectivity index is 2.27. The number of hydrogen-bond acceptors (Lipinski definition) is 6. The third-order valence-corrected chi connectivity index (χ3v) is 3.69. The van der Waals surface area contributed by atoms with Crippen molar-refractivity contribution in [2.24, 2.45) is 0 Å². The molecule has 1 atom stereocenters. The molecule has 0 fully saturated rings. The first-order valence-corrected chi connectivity index (χ1v) is 8.03. The highest BCUT2D eigenvalue weighted by Crippen LogP contribution is 2.25. The standard InChI is InChI=1S/C15H18N2O3S/c1-3-19-15(18)13(11-8-6-5-7-9-11)14-16-12(17-20-14)10-21-4-2/h5-9,13H,3-4,10H2,1-2H3. The number of hydrogen-bond donors (Lipinski definition) is 0. The number of rotatable bonds is 7. The summed E-state index contributed by atoms with van der Waals surface area (Å²) in [6.45, 7) is 4.16. The first-order chi connectivity index (χ1) is 10.3. The van der Waals surface area contributed by atoms with E-state index >= 15 is 0 Å². The smallest absolute Gasteiger partial charge is 0.323 e. The Hall–Kier alpha value is -1.82. The topological polar surface area (TPSA) is 65.2 Å². The molecule has 2 rings (SSSR count). The van der Waals surface area contributed by atoms with E-state index in [-0.39, 0.29) is 11.9 Å². The number of ether oxygens (including phenoxy) is 1. The lowest BCUT2D eigenvalue weighted by molar-refractivity contribution is -0.144. The average Bonchev–Trinajstić information content (AvgIpc) is 2.95. The van der Waals surface area contributed by atoms with Crippen molar-refractivity contribution in [3.63, 3.8) is 0 Å². The van der Waals surface area contributed by atoms with Gasteiger partial charge in [0.1, 0.15) is 0 Å². The minimum absolute atomic E-state index is 0.284. The molecule has 5 nitrogen and oxygen atoms in total. The molecule has 0 saturated heterocycles. The lowest BCUT2D eigenvalue weighted by atomic mass is 9.99. The predicted molar refractivity (Wildman–Crippen MR) is 81.1 cm³/mol. The molecule has 0 amide bonds. The second-order valence-electron chi connectivity index (χ2n) is 4.28. The monoisotopic (exact) mass is 306 g/mol. The molecular weight excluding hydrogens is 288 g/mol. The minimum Gasteiger partial charge on any atom is -0.465 e. The van der Waals surface area contributed by atoms with E-state index in [1.54, 1.807) is 18.7 Å². The van der Waals surface area contributed by atoms with Crippen LogP contribution in [-0.2, 0) is 15.3 Å². The van der Waals surface area contributed by atoms with Gasteiger partial charge in [-0.3, -0.25) is 4.79 Å². The van der Waals surface area contributed by atoms with Gasteiger partial charge in [0.25, 0.3) is 0 Å². The number of aromatic nitrogens is 2. The zero-order chi connectivity index (χ0) is 15.1. The van der Waals surface area contributed by atoms with Gasteiger partial charge >= 0.3 is 5.97 Å². The van der Waals surface area contributed by atoms with Gasteiger partial charge in [-0.2, -0.15) is 16.7 Å². The molecule has 1 unspecified atom stereocenters. The Labute approximate surface area is 128 Å². The molecular formula is C15H18N2O3S. The maximum atomic E-state index is 12.2. The lowest BCUT2D eigenvalue weighted by Crippen LogP contribution is -2.17. The van der Waals surface area contributed by atoms with Crippen LogP contribution in [0.15, 0.2) is 34.9 Å². The molecule has 0 saturated carbocycles. The first-order valence-electron chi connectivity index (χ1n) is 6.88. The van der Waals surface area contributed by atoms with Gasteiger partial charge in [-0.25, -0.2) is 0 Å². The molecule has 1 aromatic heterocycles. The van der Waals surface area contributed by atoms with Crippen LogP contribution in [0.2, 0.25) is 0 Å². The summed E-state index contributed by atoms with van der Waals surface area (Å²) < 4.78 is 10.4. The molecule has 6 heteroatoms. The Bertz CT molecular complexity index is 571. The summed E-state index contributed by atoms with van der Waals surface area (Å²) in [6, 6.07) is 9.33. The maximum Gasteiger partial charge on any atom is 0.323 e. The highest BCUT2D eigenvalue weighted by Gasteiger charge is 2.29. The van der Waals surface area contributed by atoms with Crippen molar-refractivity contribution >= 4 is 17.7 Å². The van der Waals surface area contributed by atoms with Gasteiger partial charge in [0.05, 0.1) is 12.4 Å². The number of nitrogens with zero attached hydrogens (tertiary/aromatic N) is 2. The normalized spacial score (nSPS) is 12.1. The second kappa shape index (κ2) is 7.83. The van der Waals surface area contributed by atoms with E-state index in [2.05, 4.69) is 17.1 Å². The van der Waals surface area contributed by atoms with Crippen molar-refractivity contribution in [2.45, 2.75) is 25.5 Å². The largest absolute Gasteiger partial charge is 0.465 e. The fourth-order valence-electron chi connectivity index (χ4n) is 1.89. The number of carbonyl (C=O) groups is 1. The molecule has 0 aliphatic heterocycles. The van der Waals surface area contributed by atoms with Crippen LogP contribution in [0.5, 0.6) is 0 Å². The number of thioether (sulfide) groups is 1. The number of carbonyl (C=O) groups excluding carboxylic acids is 1. The van der Waals surface area contributed by atoms with Gasteiger partial charge in [0.15, 0.2) is 11.7 Å². The average molecular weight is 306 g/mol. The third kappa shape index (κ3) is 4.07.